The molecule has 1 saturated heterocycles. The van der Waals surface area contributed by atoms with Crippen LogP contribution in [0.1, 0.15) is 16.7 Å². The lowest BCUT2D eigenvalue weighted by molar-refractivity contribution is -0.0136. The molecular weight excluding hydrogens is 288 g/mol. The summed E-state index contributed by atoms with van der Waals surface area (Å²) in [5.74, 6) is 0. The number of amides is 2. The molecule has 2 amide bonds. The minimum Gasteiger partial charge on any atom is -0.367 e. The molecule has 2 aromatic rings. The van der Waals surface area contributed by atoms with Gasteiger partial charge in [0.05, 0.1) is 13.2 Å². The molecule has 0 aliphatic carbocycles. The molecule has 3 rings (SSSR count). The summed E-state index contributed by atoms with van der Waals surface area (Å²) in [6.45, 7) is 3.54. The third-order valence-electron chi connectivity index (χ3n) is 3.34. The van der Waals surface area contributed by atoms with Gasteiger partial charge in [0, 0.05) is 36.2 Å². The number of urea groups is 1. The number of morpholine rings is 1. The highest BCUT2D eigenvalue weighted by Crippen LogP contribution is 2.24. The van der Waals surface area contributed by atoms with Crippen LogP contribution < -0.4 is 5.32 Å². The second-order valence-corrected chi connectivity index (χ2v) is 5.72. The van der Waals surface area contributed by atoms with Crippen LogP contribution in [0.15, 0.2) is 30.0 Å². The van der Waals surface area contributed by atoms with E-state index in [0.29, 0.717) is 19.7 Å². The predicted octanol–water partition coefficient (Wildman–Crippen LogP) is 2.45. The smallest absolute Gasteiger partial charge is 0.322 e. The Balaban J connectivity index is 1.66. The Labute approximate surface area is 126 Å². The van der Waals surface area contributed by atoms with E-state index in [4.69, 9.17) is 4.74 Å². The fraction of sp³-hybridized carbons (Fsp3) is 0.357. The van der Waals surface area contributed by atoms with E-state index in [9.17, 15) is 4.79 Å². The van der Waals surface area contributed by atoms with Crippen LogP contribution in [0.2, 0.25) is 0 Å². The quantitative estimate of drug-likeness (QED) is 0.925. The summed E-state index contributed by atoms with van der Waals surface area (Å²) in [5.41, 5.74) is 1.72. The van der Waals surface area contributed by atoms with Crippen molar-refractivity contribution in [3.8, 4) is 0 Å². The number of pyridine rings is 1. The number of nitrogens with one attached hydrogen (secondary N) is 1. The van der Waals surface area contributed by atoms with Crippen molar-refractivity contribution in [3.63, 3.8) is 0 Å². The van der Waals surface area contributed by atoms with Gasteiger partial charge in [-0.3, -0.25) is 4.98 Å². The fourth-order valence-corrected chi connectivity index (χ4v) is 2.86. The van der Waals surface area contributed by atoms with Crippen LogP contribution in [-0.2, 0) is 4.74 Å². The van der Waals surface area contributed by atoms with Crippen LogP contribution in [0.3, 0.4) is 0 Å². The lowest BCUT2D eigenvalue weighted by Crippen LogP contribution is -2.44. The molecule has 1 fully saturated rings. The molecule has 0 aromatic carbocycles. The van der Waals surface area contributed by atoms with Crippen molar-refractivity contribution in [1.82, 2.24) is 14.9 Å². The van der Waals surface area contributed by atoms with E-state index >= 15 is 0 Å². The number of carbonyl (C=O) groups excluding carboxylic acids is 1. The molecule has 110 valence electrons. The highest BCUT2D eigenvalue weighted by molar-refractivity contribution is 7.09. The van der Waals surface area contributed by atoms with Gasteiger partial charge in [-0.1, -0.05) is 0 Å². The van der Waals surface area contributed by atoms with Gasteiger partial charge >= 0.3 is 6.03 Å². The first-order valence-electron chi connectivity index (χ1n) is 6.71. The molecule has 1 unspecified atom stereocenters. The van der Waals surface area contributed by atoms with E-state index in [1.807, 2.05) is 12.3 Å². The van der Waals surface area contributed by atoms with Gasteiger partial charge in [0.1, 0.15) is 11.1 Å². The number of thiazole rings is 1. The monoisotopic (exact) mass is 304 g/mol. The van der Waals surface area contributed by atoms with Crippen molar-refractivity contribution < 1.29 is 9.53 Å². The van der Waals surface area contributed by atoms with Crippen molar-refractivity contribution in [2.24, 2.45) is 0 Å². The summed E-state index contributed by atoms with van der Waals surface area (Å²) in [6.07, 6.45) is 5.01. The number of hydrogen-bond donors (Lipinski definition) is 1. The third kappa shape index (κ3) is 3.20. The van der Waals surface area contributed by atoms with E-state index in [0.717, 1.165) is 16.3 Å². The van der Waals surface area contributed by atoms with Crippen molar-refractivity contribution in [1.29, 1.82) is 0 Å². The summed E-state index contributed by atoms with van der Waals surface area (Å²) in [7, 11) is 0. The SMILES string of the molecule is Cc1cnccc1NC(=O)N1CCOC(c2nccs2)C1. The molecular formula is C14H16N4O2S. The van der Waals surface area contributed by atoms with Gasteiger partial charge in [-0.05, 0) is 18.6 Å². The maximum Gasteiger partial charge on any atom is 0.322 e. The summed E-state index contributed by atoms with van der Waals surface area (Å²) < 4.78 is 5.69. The zero-order chi connectivity index (χ0) is 14.7. The van der Waals surface area contributed by atoms with Crippen LogP contribution in [-0.4, -0.2) is 40.6 Å². The first kappa shape index (κ1) is 14.0. The van der Waals surface area contributed by atoms with Gasteiger partial charge < -0.3 is 15.0 Å². The Bertz CT molecular complexity index is 617. The molecule has 6 nitrogen and oxygen atoms in total. The van der Waals surface area contributed by atoms with Gasteiger partial charge in [-0.15, -0.1) is 11.3 Å². The van der Waals surface area contributed by atoms with Crippen LogP contribution in [0.4, 0.5) is 10.5 Å². The highest BCUT2D eigenvalue weighted by atomic mass is 32.1. The van der Waals surface area contributed by atoms with E-state index in [2.05, 4.69) is 15.3 Å². The standard InChI is InChI=1S/C14H16N4O2S/c1-10-8-15-3-2-11(10)17-14(19)18-5-6-20-12(9-18)13-16-4-7-21-13/h2-4,7-8,12H,5-6,9H2,1H3,(H,15,17,19). The Morgan fingerprint density at radius 3 is 3.19 bits per heavy atom. The molecule has 1 N–H and O–H groups in total. The minimum absolute atomic E-state index is 0.117. The van der Waals surface area contributed by atoms with Crippen LogP contribution in [0.5, 0.6) is 0 Å². The molecule has 0 radical (unpaired) electrons. The maximum atomic E-state index is 12.4. The molecule has 7 heteroatoms. The molecule has 0 saturated carbocycles. The number of hydrogen-bond acceptors (Lipinski definition) is 5. The minimum atomic E-state index is -0.136. The molecule has 0 bridgehead atoms. The van der Waals surface area contributed by atoms with Crippen LogP contribution in [0.25, 0.3) is 0 Å². The topological polar surface area (TPSA) is 67.4 Å². The lowest BCUT2D eigenvalue weighted by Gasteiger charge is -2.32. The zero-order valence-electron chi connectivity index (χ0n) is 11.7. The highest BCUT2D eigenvalue weighted by Gasteiger charge is 2.27. The van der Waals surface area contributed by atoms with Gasteiger partial charge in [-0.2, -0.15) is 0 Å². The molecule has 0 spiro atoms. The Hall–Kier alpha value is -1.99. The van der Waals surface area contributed by atoms with Crippen molar-refractivity contribution in [3.05, 3.63) is 40.6 Å². The Morgan fingerprint density at radius 2 is 2.43 bits per heavy atom. The largest absolute Gasteiger partial charge is 0.367 e. The molecule has 21 heavy (non-hydrogen) atoms. The number of anilines is 1. The second-order valence-electron chi connectivity index (χ2n) is 4.80. The van der Waals surface area contributed by atoms with E-state index in [1.165, 1.54) is 0 Å². The average Bonchev–Trinajstić information content (AvgIpc) is 3.04. The molecule has 2 aromatic heterocycles. The zero-order valence-corrected chi connectivity index (χ0v) is 12.5. The maximum absolute atomic E-state index is 12.4. The van der Waals surface area contributed by atoms with Gasteiger partial charge in [0.2, 0.25) is 0 Å². The molecule has 3 heterocycles. The fourth-order valence-electron chi connectivity index (χ4n) is 2.18. The van der Waals surface area contributed by atoms with Gasteiger partial charge in [-0.25, -0.2) is 9.78 Å². The van der Waals surface area contributed by atoms with E-state index in [-0.39, 0.29) is 12.1 Å². The van der Waals surface area contributed by atoms with Gasteiger partial charge in [0.15, 0.2) is 0 Å². The number of ether oxygens (including phenoxy) is 1. The van der Waals surface area contributed by atoms with Crippen molar-refractivity contribution >= 4 is 23.1 Å². The average molecular weight is 304 g/mol. The number of nitrogens with zero attached hydrogens (tertiary/aromatic N) is 3. The number of aryl methyl sites for hydroxylation is 1. The summed E-state index contributed by atoms with van der Waals surface area (Å²) in [6, 6.07) is 1.68. The number of rotatable bonds is 2. The second kappa shape index (κ2) is 6.19. The number of aromatic nitrogens is 2. The summed E-state index contributed by atoms with van der Waals surface area (Å²) in [4.78, 5) is 22.4. The third-order valence-corrected chi connectivity index (χ3v) is 4.21. The summed E-state index contributed by atoms with van der Waals surface area (Å²) >= 11 is 1.55. The number of carbonyl (C=O) groups is 1. The van der Waals surface area contributed by atoms with Crippen LogP contribution >= 0.6 is 11.3 Å². The lowest BCUT2D eigenvalue weighted by atomic mass is 10.2. The van der Waals surface area contributed by atoms with Crippen LogP contribution in [0, 0.1) is 6.92 Å². The molecule has 1 aliphatic heterocycles. The van der Waals surface area contributed by atoms with E-state index < -0.39 is 0 Å². The van der Waals surface area contributed by atoms with Gasteiger partial charge in [0.25, 0.3) is 0 Å². The Morgan fingerprint density at radius 1 is 1.52 bits per heavy atom. The first-order valence-corrected chi connectivity index (χ1v) is 7.59. The predicted molar refractivity (Wildman–Crippen MR) is 80.4 cm³/mol. The molecule has 1 atom stereocenters. The van der Waals surface area contributed by atoms with Crippen molar-refractivity contribution in [2.75, 3.05) is 25.0 Å². The van der Waals surface area contributed by atoms with E-state index in [1.54, 1.807) is 40.9 Å². The summed E-state index contributed by atoms with van der Waals surface area (Å²) in [5, 5.41) is 5.74. The van der Waals surface area contributed by atoms with Crippen molar-refractivity contribution in [2.45, 2.75) is 13.0 Å². The normalized spacial score (nSPS) is 18.5. The molecule has 1 aliphatic rings. The Kier molecular flexibility index (Phi) is 4.12. The first-order chi connectivity index (χ1) is 10.2.